The van der Waals surface area contributed by atoms with Gasteiger partial charge in [-0.3, -0.25) is 9.59 Å². The summed E-state index contributed by atoms with van der Waals surface area (Å²) in [6.07, 6.45) is 1.65. The Balaban J connectivity index is 1.45. The van der Waals surface area contributed by atoms with Crippen LogP contribution in [0.15, 0.2) is 77.9 Å². The predicted octanol–water partition coefficient (Wildman–Crippen LogP) is 5.26. The Morgan fingerprint density at radius 2 is 1.68 bits per heavy atom. The molecule has 0 saturated heterocycles. The molecule has 0 aliphatic heterocycles. The van der Waals surface area contributed by atoms with Crippen molar-refractivity contribution in [3.63, 3.8) is 0 Å². The number of amides is 2. The largest absolute Gasteiger partial charge is 0.457 e. The summed E-state index contributed by atoms with van der Waals surface area (Å²) in [6.45, 7) is 1.93. The maximum absolute atomic E-state index is 12.1. The second kappa shape index (κ2) is 11.3. The first-order valence-corrected chi connectivity index (χ1v) is 10.8. The topological polar surface area (TPSA) is 79.8 Å². The fraction of sp³-hybridized carbons (Fsp3) is 0.125. The predicted molar refractivity (Wildman–Crippen MR) is 130 cm³/mol. The number of nitrogens with one attached hydrogen (secondary N) is 2. The Kier molecular flexibility index (Phi) is 8.17. The monoisotopic (exact) mass is 527 g/mol. The molecule has 0 aromatic heterocycles. The highest BCUT2D eigenvalue weighted by molar-refractivity contribution is 14.1. The van der Waals surface area contributed by atoms with Crippen LogP contribution in [0, 0.1) is 10.5 Å². The number of carbonyl (C=O) groups excluding carboxylic acids is 2. The van der Waals surface area contributed by atoms with Gasteiger partial charge in [0, 0.05) is 22.1 Å². The summed E-state index contributed by atoms with van der Waals surface area (Å²) in [6, 6.07) is 22.6. The molecule has 7 heteroatoms. The van der Waals surface area contributed by atoms with Crippen LogP contribution in [-0.4, -0.2) is 18.0 Å². The van der Waals surface area contributed by atoms with Gasteiger partial charge in [0.05, 0.1) is 6.21 Å². The van der Waals surface area contributed by atoms with E-state index in [0.717, 1.165) is 26.1 Å². The molecule has 31 heavy (non-hydrogen) atoms. The molecule has 3 aromatic rings. The molecule has 6 nitrogen and oxygen atoms in total. The molecule has 3 rings (SSSR count). The van der Waals surface area contributed by atoms with Crippen molar-refractivity contribution in [1.82, 2.24) is 5.43 Å². The van der Waals surface area contributed by atoms with E-state index in [-0.39, 0.29) is 24.7 Å². The first-order chi connectivity index (χ1) is 15.0. The van der Waals surface area contributed by atoms with E-state index < -0.39 is 0 Å². The highest BCUT2D eigenvalue weighted by atomic mass is 127. The molecule has 2 amide bonds. The number of aryl methyl sites for hydroxylation is 1. The summed E-state index contributed by atoms with van der Waals surface area (Å²) >= 11 is 2.22. The molecule has 0 saturated carbocycles. The third-order valence-corrected chi connectivity index (χ3v) is 4.95. The highest BCUT2D eigenvalue weighted by Gasteiger charge is 2.08. The summed E-state index contributed by atoms with van der Waals surface area (Å²) in [7, 11) is 0. The Morgan fingerprint density at radius 1 is 0.935 bits per heavy atom. The molecule has 0 bridgehead atoms. The van der Waals surface area contributed by atoms with E-state index in [1.807, 2.05) is 79.7 Å². The van der Waals surface area contributed by atoms with Gasteiger partial charge in [-0.2, -0.15) is 5.10 Å². The summed E-state index contributed by atoms with van der Waals surface area (Å²) in [5, 5.41) is 6.79. The van der Waals surface area contributed by atoms with Gasteiger partial charge in [-0.1, -0.05) is 30.3 Å². The van der Waals surface area contributed by atoms with E-state index in [0.29, 0.717) is 5.75 Å². The first kappa shape index (κ1) is 22.5. The summed E-state index contributed by atoms with van der Waals surface area (Å²) in [4.78, 5) is 24.1. The number of benzene rings is 3. The van der Waals surface area contributed by atoms with Crippen LogP contribution in [0.1, 0.15) is 24.0 Å². The van der Waals surface area contributed by atoms with Gasteiger partial charge in [-0.15, -0.1) is 0 Å². The maximum Gasteiger partial charge on any atom is 0.240 e. The first-order valence-electron chi connectivity index (χ1n) is 9.70. The average Bonchev–Trinajstić information content (AvgIpc) is 2.75. The molecule has 0 heterocycles. The quantitative estimate of drug-likeness (QED) is 0.238. The van der Waals surface area contributed by atoms with E-state index >= 15 is 0 Å². The third-order valence-electron chi connectivity index (χ3n) is 4.28. The van der Waals surface area contributed by atoms with Gasteiger partial charge in [-0.05, 0) is 83.1 Å². The van der Waals surface area contributed by atoms with Crippen LogP contribution in [0.5, 0.6) is 11.5 Å². The molecule has 0 spiro atoms. The van der Waals surface area contributed by atoms with Gasteiger partial charge >= 0.3 is 0 Å². The van der Waals surface area contributed by atoms with Crippen LogP contribution in [0.2, 0.25) is 0 Å². The SMILES string of the molecule is Cc1cc(I)ccc1NC(=O)CCC(=O)N/N=C/c1cccc(Oc2ccccc2)c1. The molecule has 0 aliphatic carbocycles. The molecular formula is C24H22IN3O3. The number of nitrogens with zero attached hydrogens (tertiary/aromatic N) is 1. The molecule has 0 radical (unpaired) electrons. The fourth-order valence-electron chi connectivity index (χ4n) is 2.72. The van der Waals surface area contributed by atoms with Crippen molar-refractivity contribution < 1.29 is 14.3 Å². The standard InChI is InChI=1S/C24H22IN3O3/c1-17-14-19(25)10-11-22(17)27-23(29)12-13-24(30)28-26-16-18-6-5-9-21(15-18)31-20-7-3-2-4-8-20/h2-11,14-16H,12-13H2,1H3,(H,27,29)(H,28,30)/b26-16+. The lowest BCUT2D eigenvalue weighted by Gasteiger charge is -2.08. The van der Waals surface area contributed by atoms with Crippen LogP contribution < -0.4 is 15.5 Å². The van der Waals surface area contributed by atoms with E-state index in [1.54, 1.807) is 0 Å². The Morgan fingerprint density at radius 3 is 2.45 bits per heavy atom. The second-order valence-corrected chi connectivity index (χ2v) is 8.03. The zero-order chi connectivity index (χ0) is 22.1. The lowest BCUT2D eigenvalue weighted by Crippen LogP contribution is -2.20. The Bertz CT molecular complexity index is 1080. The van der Waals surface area contributed by atoms with Gasteiger partial charge in [0.2, 0.25) is 11.8 Å². The van der Waals surface area contributed by atoms with Crippen molar-refractivity contribution in [2.45, 2.75) is 19.8 Å². The minimum absolute atomic E-state index is 0.0454. The van der Waals surface area contributed by atoms with E-state index in [9.17, 15) is 9.59 Å². The average molecular weight is 527 g/mol. The number of hydrogen-bond acceptors (Lipinski definition) is 4. The van der Waals surface area contributed by atoms with Crippen LogP contribution in [0.3, 0.4) is 0 Å². The third kappa shape index (κ3) is 7.53. The Labute approximate surface area is 194 Å². The van der Waals surface area contributed by atoms with Crippen LogP contribution in [0.4, 0.5) is 5.69 Å². The zero-order valence-electron chi connectivity index (χ0n) is 17.0. The van der Waals surface area contributed by atoms with Crippen molar-refractivity contribution in [2.24, 2.45) is 5.10 Å². The van der Waals surface area contributed by atoms with E-state index in [2.05, 4.69) is 38.4 Å². The second-order valence-electron chi connectivity index (χ2n) is 6.79. The normalized spacial score (nSPS) is 10.6. The number of hydrogen-bond donors (Lipinski definition) is 2. The van der Waals surface area contributed by atoms with E-state index in [1.165, 1.54) is 6.21 Å². The molecule has 0 aliphatic rings. The number of anilines is 1. The molecule has 0 fully saturated rings. The van der Waals surface area contributed by atoms with Gasteiger partial charge in [0.25, 0.3) is 0 Å². The molecule has 0 unspecified atom stereocenters. The van der Waals surface area contributed by atoms with Crippen molar-refractivity contribution >= 4 is 46.3 Å². The van der Waals surface area contributed by atoms with Crippen molar-refractivity contribution in [1.29, 1.82) is 0 Å². The molecule has 0 atom stereocenters. The van der Waals surface area contributed by atoms with Gasteiger partial charge < -0.3 is 10.1 Å². The van der Waals surface area contributed by atoms with Crippen LogP contribution in [-0.2, 0) is 9.59 Å². The highest BCUT2D eigenvalue weighted by Crippen LogP contribution is 2.21. The van der Waals surface area contributed by atoms with Crippen molar-refractivity contribution in [2.75, 3.05) is 5.32 Å². The minimum atomic E-state index is -0.331. The smallest absolute Gasteiger partial charge is 0.240 e. The molecule has 2 N–H and O–H groups in total. The molecule has 3 aromatic carbocycles. The number of carbonyl (C=O) groups is 2. The lowest BCUT2D eigenvalue weighted by atomic mass is 10.2. The summed E-state index contributed by atoms with van der Waals surface area (Å²) in [5.74, 6) is 0.865. The fourth-order valence-corrected chi connectivity index (χ4v) is 3.37. The number of halogens is 1. The number of hydrazone groups is 1. The minimum Gasteiger partial charge on any atom is -0.457 e. The number of para-hydroxylation sites is 1. The number of ether oxygens (including phenoxy) is 1. The summed E-state index contributed by atoms with van der Waals surface area (Å²) in [5.41, 5.74) is 4.96. The zero-order valence-corrected chi connectivity index (χ0v) is 19.1. The van der Waals surface area contributed by atoms with Gasteiger partial charge in [0.15, 0.2) is 0 Å². The van der Waals surface area contributed by atoms with Gasteiger partial charge in [0.1, 0.15) is 11.5 Å². The molecule has 158 valence electrons. The van der Waals surface area contributed by atoms with Crippen LogP contribution in [0.25, 0.3) is 0 Å². The summed E-state index contributed by atoms with van der Waals surface area (Å²) < 4.78 is 6.88. The lowest BCUT2D eigenvalue weighted by molar-refractivity contribution is -0.124. The van der Waals surface area contributed by atoms with Crippen molar-refractivity contribution in [3.8, 4) is 11.5 Å². The maximum atomic E-state index is 12.1. The Hall–Kier alpha value is -3.20. The van der Waals surface area contributed by atoms with E-state index in [4.69, 9.17) is 4.74 Å². The van der Waals surface area contributed by atoms with Crippen molar-refractivity contribution in [3.05, 3.63) is 87.5 Å². The van der Waals surface area contributed by atoms with Gasteiger partial charge in [-0.25, -0.2) is 5.43 Å². The molecular weight excluding hydrogens is 505 g/mol. The van der Waals surface area contributed by atoms with Crippen LogP contribution >= 0.6 is 22.6 Å². The number of rotatable bonds is 8.